The third kappa shape index (κ3) is 3.25. The number of hydrogen-bond donors (Lipinski definition) is 1. The minimum atomic E-state index is -0.495. The molecule has 15 heavy (non-hydrogen) atoms. The number of benzene rings is 1. The van der Waals surface area contributed by atoms with Crippen LogP contribution >= 0.6 is 0 Å². The van der Waals surface area contributed by atoms with Crippen LogP contribution < -0.4 is 5.73 Å². The molecular weight excluding hydrogens is 198 g/mol. The molecule has 0 radical (unpaired) electrons. The first-order chi connectivity index (χ1) is 7.19. The number of nitrogens with zero attached hydrogens (tertiary/aromatic N) is 1. The highest BCUT2D eigenvalue weighted by molar-refractivity contribution is 5.19. The summed E-state index contributed by atoms with van der Waals surface area (Å²) in [5, 5.41) is 0. The van der Waals surface area contributed by atoms with E-state index < -0.39 is 11.6 Å². The average Bonchev–Trinajstić information content (AvgIpc) is 2.22. The van der Waals surface area contributed by atoms with Crippen LogP contribution in [0.3, 0.4) is 0 Å². The molecule has 0 aromatic heterocycles. The highest BCUT2D eigenvalue weighted by Gasteiger charge is 2.11. The van der Waals surface area contributed by atoms with Gasteiger partial charge in [-0.15, -0.1) is 0 Å². The Morgan fingerprint density at radius 3 is 2.33 bits per heavy atom. The van der Waals surface area contributed by atoms with Crippen LogP contribution in [0.2, 0.25) is 0 Å². The molecule has 84 valence electrons. The zero-order chi connectivity index (χ0) is 11.3. The topological polar surface area (TPSA) is 29.3 Å². The largest absolute Gasteiger partial charge is 0.329 e. The zero-order valence-electron chi connectivity index (χ0n) is 8.84. The van der Waals surface area contributed by atoms with Crippen molar-refractivity contribution in [3.05, 3.63) is 35.4 Å². The number of likely N-dealkylation sites (N-methyl/N-ethyl adjacent to an activating group) is 1. The summed E-state index contributed by atoms with van der Waals surface area (Å²) in [5.41, 5.74) is 5.52. The van der Waals surface area contributed by atoms with Crippen LogP contribution in [-0.2, 0) is 6.54 Å². The maximum absolute atomic E-state index is 13.3. The second-order valence-electron chi connectivity index (χ2n) is 3.36. The smallest absolute Gasteiger partial charge is 0.130 e. The molecule has 0 bridgehead atoms. The second kappa shape index (κ2) is 5.78. The Bertz CT molecular complexity index is 295. The van der Waals surface area contributed by atoms with Gasteiger partial charge in [-0.1, -0.05) is 13.0 Å². The van der Waals surface area contributed by atoms with Crippen LogP contribution in [0.4, 0.5) is 8.78 Å². The minimum absolute atomic E-state index is 0.118. The molecule has 0 unspecified atom stereocenters. The van der Waals surface area contributed by atoms with E-state index in [0.717, 1.165) is 6.54 Å². The second-order valence-corrected chi connectivity index (χ2v) is 3.36. The van der Waals surface area contributed by atoms with Gasteiger partial charge < -0.3 is 5.73 Å². The van der Waals surface area contributed by atoms with Gasteiger partial charge in [-0.3, -0.25) is 4.90 Å². The molecule has 0 aliphatic carbocycles. The Hall–Kier alpha value is -1.00. The first kappa shape index (κ1) is 12.1. The van der Waals surface area contributed by atoms with Crippen molar-refractivity contribution >= 4 is 0 Å². The first-order valence-electron chi connectivity index (χ1n) is 5.04. The van der Waals surface area contributed by atoms with Crippen molar-refractivity contribution in [1.82, 2.24) is 4.90 Å². The third-order valence-electron chi connectivity index (χ3n) is 2.34. The summed E-state index contributed by atoms with van der Waals surface area (Å²) in [4.78, 5) is 1.90. The molecule has 0 atom stereocenters. The van der Waals surface area contributed by atoms with Crippen LogP contribution in [0.15, 0.2) is 18.2 Å². The van der Waals surface area contributed by atoms with E-state index >= 15 is 0 Å². The van der Waals surface area contributed by atoms with E-state index in [-0.39, 0.29) is 12.1 Å². The minimum Gasteiger partial charge on any atom is -0.329 e. The van der Waals surface area contributed by atoms with Crippen molar-refractivity contribution in [2.45, 2.75) is 13.5 Å². The van der Waals surface area contributed by atoms with Gasteiger partial charge in [-0.25, -0.2) is 8.78 Å². The van der Waals surface area contributed by atoms with Gasteiger partial charge >= 0.3 is 0 Å². The molecule has 2 N–H and O–H groups in total. The van der Waals surface area contributed by atoms with Gasteiger partial charge in [0, 0.05) is 25.2 Å². The quantitative estimate of drug-likeness (QED) is 0.809. The molecule has 1 aromatic rings. The first-order valence-corrected chi connectivity index (χ1v) is 5.04. The fourth-order valence-corrected chi connectivity index (χ4v) is 1.44. The van der Waals surface area contributed by atoms with Crippen LogP contribution in [0.5, 0.6) is 0 Å². The van der Waals surface area contributed by atoms with E-state index in [1.54, 1.807) is 0 Å². The van der Waals surface area contributed by atoms with Gasteiger partial charge in [0.1, 0.15) is 11.6 Å². The lowest BCUT2D eigenvalue weighted by atomic mass is 10.2. The predicted octanol–water partition coefficient (Wildman–Crippen LogP) is 1.75. The fourth-order valence-electron chi connectivity index (χ4n) is 1.44. The Kier molecular flexibility index (Phi) is 4.65. The number of halogens is 2. The Balaban J connectivity index is 2.78. The normalized spacial score (nSPS) is 11.0. The zero-order valence-corrected chi connectivity index (χ0v) is 8.84. The molecule has 2 nitrogen and oxygen atoms in total. The Labute approximate surface area is 88.7 Å². The summed E-state index contributed by atoms with van der Waals surface area (Å²) in [5.74, 6) is -0.990. The van der Waals surface area contributed by atoms with Crippen LogP contribution in [0, 0.1) is 11.6 Å². The summed E-state index contributed by atoms with van der Waals surface area (Å²) in [6.07, 6.45) is 0. The number of hydrogen-bond acceptors (Lipinski definition) is 2. The molecule has 0 saturated carbocycles. The van der Waals surface area contributed by atoms with Gasteiger partial charge in [0.25, 0.3) is 0 Å². The molecule has 0 aliphatic rings. The third-order valence-corrected chi connectivity index (χ3v) is 2.34. The van der Waals surface area contributed by atoms with Gasteiger partial charge in [0.15, 0.2) is 0 Å². The summed E-state index contributed by atoms with van der Waals surface area (Å²) < 4.78 is 26.6. The molecule has 4 heteroatoms. The van der Waals surface area contributed by atoms with E-state index in [2.05, 4.69) is 0 Å². The molecule has 0 aliphatic heterocycles. The summed E-state index contributed by atoms with van der Waals surface area (Å²) >= 11 is 0. The molecule has 0 amide bonds. The molecule has 0 spiro atoms. The van der Waals surface area contributed by atoms with E-state index in [0.29, 0.717) is 13.1 Å². The van der Waals surface area contributed by atoms with Crippen molar-refractivity contribution in [3.63, 3.8) is 0 Å². The van der Waals surface area contributed by atoms with Crippen molar-refractivity contribution in [3.8, 4) is 0 Å². The Morgan fingerprint density at radius 2 is 1.87 bits per heavy atom. The SMILES string of the molecule is CCN(CCN)Cc1c(F)cccc1F. The lowest BCUT2D eigenvalue weighted by Crippen LogP contribution is -2.29. The fraction of sp³-hybridized carbons (Fsp3) is 0.455. The molecule has 0 heterocycles. The average molecular weight is 214 g/mol. The van der Waals surface area contributed by atoms with Crippen LogP contribution in [0.1, 0.15) is 12.5 Å². The standard InChI is InChI=1S/C11H16F2N2/c1-2-15(7-6-14)8-9-10(12)4-3-5-11(9)13/h3-5H,2,6-8,14H2,1H3. The molecular formula is C11H16F2N2. The number of rotatable bonds is 5. The highest BCUT2D eigenvalue weighted by Crippen LogP contribution is 2.14. The van der Waals surface area contributed by atoms with E-state index in [4.69, 9.17) is 5.73 Å². The lowest BCUT2D eigenvalue weighted by Gasteiger charge is -2.19. The van der Waals surface area contributed by atoms with Crippen molar-refractivity contribution in [2.75, 3.05) is 19.6 Å². The van der Waals surface area contributed by atoms with Crippen molar-refractivity contribution < 1.29 is 8.78 Å². The molecule has 1 aromatic carbocycles. The van der Waals surface area contributed by atoms with Gasteiger partial charge in [0.05, 0.1) is 0 Å². The highest BCUT2D eigenvalue weighted by atomic mass is 19.1. The van der Waals surface area contributed by atoms with Gasteiger partial charge in [0.2, 0.25) is 0 Å². The van der Waals surface area contributed by atoms with Crippen LogP contribution in [0.25, 0.3) is 0 Å². The van der Waals surface area contributed by atoms with Gasteiger partial charge in [-0.05, 0) is 18.7 Å². The van der Waals surface area contributed by atoms with E-state index in [1.807, 2.05) is 11.8 Å². The summed E-state index contributed by atoms with van der Waals surface area (Å²) in [6, 6.07) is 3.91. The van der Waals surface area contributed by atoms with Crippen molar-refractivity contribution in [1.29, 1.82) is 0 Å². The summed E-state index contributed by atoms with van der Waals surface area (Å²) in [7, 11) is 0. The monoisotopic (exact) mass is 214 g/mol. The predicted molar refractivity (Wildman–Crippen MR) is 56.4 cm³/mol. The maximum Gasteiger partial charge on any atom is 0.130 e. The van der Waals surface area contributed by atoms with E-state index in [1.165, 1.54) is 18.2 Å². The summed E-state index contributed by atoms with van der Waals surface area (Å²) in [6.45, 7) is 4.07. The van der Waals surface area contributed by atoms with Crippen molar-refractivity contribution in [2.24, 2.45) is 5.73 Å². The van der Waals surface area contributed by atoms with E-state index in [9.17, 15) is 8.78 Å². The molecule has 0 fully saturated rings. The molecule has 0 saturated heterocycles. The Morgan fingerprint density at radius 1 is 1.27 bits per heavy atom. The van der Waals surface area contributed by atoms with Crippen LogP contribution in [-0.4, -0.2) is 24.5 Å². The molecule has 1 rings (SSSR count). The van der Waals surface area contributed by atoms with Gasteiger partial charge in [-0.2, -0.15) is 0 Å². The number of nitrogens with two attached hydrogens (primary N) is 1. The maximum atomic E-state index is 13.3. The lowest BCUT2D eigenvalue weighted by molar-refractivity contribution is 0.279.